The second-order valence-electron chi connectivity index (χ2n) is 6.47. The third-order valence-corrected chi connectivity index (χ3v) is 3.96. The molecule has 0 unspecified atom stereocenters. The zero-order chi connectivity index (χ0) is 16.9. The van der Waals surface area contributed by atoms with E-state index < -0.39 is 5.97 Å². The summed E-state index contributed by atoms with van der Waals surface area (Å²) in [6.45, 7) is 5.67. The summed E-state index contributed by atoms with van der Waals surface area (Å²) in [5.74, 6) is -0.833. The summed E-state index contributed by atoms with van der Waals surface area (Å²) in [6, 6.07) is 0. The third kappa shape index (κ3) is 38.9. The number of carbonyl (C=O) groups is 1. The minimum atomic E-state index is -0.833. The van der Waals surface area contributed by atoms with Crippen molar-refractivity contribution in [2.24, 2.45) is 0 Å². The van der Waals surface area contributed by atoms with E-state index in [4.69, 9.17) is 9.90 Å². The molecule has 0 bridgehead atoms. The monoisotopic (exact) mass is 331 g/mol. The second kappa shape index (κ2) is 26.3. The number of rotatable bonds is 15. The van der Waals surface area contributed by atoms with Crippen LogP contribution in [0.4, 0.5) is 0 Å². The SMILES string of the molecule is CC(=O)O.CCCCCCCCCCCCCCCCCC.N. The van der Waals surface area contributed by atoms with Gasteiger partial charge in [0.25, 0.3) is 5.97 Å². The maximum atomic E-state index is 9.00. The zero-order valence-corrected chi connectivity index (χ0v) is 16.4. The topological polar surface area (TPSA) is 72.3 Å². The van der Waals surface area contributed by atoms with Crippen molar-refractivity contribution in [3.8, 4) is 0 Å². The Kier molecular flexibility index (Phi) is 31.2. The van der Waals surface area contributed by atoms with E-state index in [1.54, 1.807) is 0 Å². The van der Waals surface area contributed by atoms with Crippen LogP contribution in [0.15, 0.2) is 0 Å². The van der Waals surface area contributed by atoms with Gasteiger partial charge in [-0.1, -0.05) is 117 Å². The van der Waals surface area contributed by atoms with E-state index in [0.29, 0.717) is 0 Å². The van der Waals surface area contributed by atoms with Gasteiger partial charge in [-0.05, 0) is 0 Å². The first-order chi connectivity index (χ1) is 10.6. The molecule has 23 heavy (non-hydrogen) atoms. The highest BCUT2D eigenvalue weighted by atomic mass is 16.4. The maximum absolute atomic E-state index is 9.00. The summed E-state index contributed by atoms with van der Waals surface area (Å²) >= 11 is 0. The molecule has 142 valence electrons. The molecule has 4 N–H and O–H groups in total. The van der Waals surface area contributed by atoms with Crippen molar-refractivity contribution in [2.75, 3.05) is 0 Å². The van der Waals surface area contributed by atoms with Gasteiger partial charge in [0.15, 0.2) is 0 Å². The second-order valence-corrected chi connectivity index (χ2v) is 6.47. The first-order valence-electron chi connectivity index (χ1n) is 9.84. The molecule has 0 heterocycles. The van der Waals surface area contributed by atoms with E-state index in [-0.39, 0.29) is 6.15 Å². The van der Waals surface area contributed by atoms with Crippen molar-refractivity contribution in [1.29, 1.82) is 0 Å². The Morgan fingerprint density at radius 1 is 0.565 bits per heavy atom. The molecule has 0 aliphatic rings. The molecule has 0 amide bonds. The molecule has 0 fully saturated rings. The first-order valence-corrected chi connectivity index (χ1v) is 9.84. The van der Waals surface area contributed by atoms with Crippen LogP contribution in [-0.2, 0) is 4.79 Å². The van der Waals surface area contributed by atoms with Crippen molar-refractivity contribution in [1.82, 2.24) is 6.15 Å². The summed E-state index contributed by atoms with van der Waals surface area (Å²) in [4.78, 5) is 9.00. The van der Waals surface area contributed by atoms with Gasteiger partial charge in [-0.15, -0.1) is 0 Å². The highest BCUT2D eigenvalue weighted by Crippen LogP contribution is 2.13. The molecule has 0 rings (SSSR count). The lowest BCUT2D eigenvalue weighted by Gasteiger charge is -2.03. The van der Waals surface area contributed by atoms with Crippen LogP contribution < -0.4 is 6.15 Å². The van der Waals surface area contributed by atoms with Gasteiger partial charge in [0.2, 0.25) is 0 Å². The largest absolute Gasteiger partial charge is 0.481 e. The minimum Gasteiger partial charge on any atom is -0.481 e. The summed E-state index contributed by atoms with van der Waals surface area (Å²) in [6.07, 6.45) is 23.4. The van der Waals surface area contributed by atoms with E-state index >= 15 is 0 Å². The van der Waals surface area contributed by atoms with Crippen LogP contribution in [0.1, 0.15) is 124 Å². The normalized spacial score (nSPS) is 9.70. The molecule has 0 saturated heterocycles. The van der Waals surface area contributed by atoms with E-state index in [1.807, 2.05) is 0 Å². The Labute approximate surface area is 146 Å². The summed E-state index contributed by atoms with van der Waals surface area (Å²) in [5.41, 5.74) is 0. The van der Waals surface area contributed by atoms with Crippen LogP contribution in [0, 0.1) is 0 Å². The number of aliphatic carboxylic acids is 1. The highest BCUT2D eigenvalue weighted by Gasteiger charge is 1.93. The zero-order valence-electron chi connectivity index (χ0n) is 16.4. The van der Waals surface area contributed by atoms with Gasteiger partial charge in [0.05, 0.1) is 0 Å². The van der Waals surface area contributed by atoms with Crippen LogP contribution in [0.25, 0.3) is 0 Å². The fraction of sp³-hybridized carbons (Fsp3) is 0.950. The maximum Gasteiger partial charge on any atom is 0.300 e. The molecule has 0 aromatic heterocycles. The number of carboxylic acid groups (broad SMARTS) is 1. The molecule has 0 aromatic rings. The molecule has 0 radical (unpaired) electrons. The Balaban J connectivity index is -0.000000712. The predicted molar refractivity (Wildman–Crippen MR) is 104 cm³/mol. The smallest absolute Gasteiger partial charge is 0.300 e. The van der Waals surface area contributed by atoms with Crippen LogP contribution in [-0.4, -0.2) is 11.1 Å². The first kappa shape index (κ1) is 27.3. The average molecular weight is 332 g/mol. The van der Waals surface area contributed by atoms with Gasteiger partial charge in [-0.25, -0.2) is 0 Å². The molecule has 0 saturated carbocycles. The molecule has 0 spiro atoms. The van der Waals surface area contributed by atoms with Gasteiger partial charge in [0.1, 0.15) is 0 Å². The lowest BCUT2D eigenvalue weighted by Crippen LogP contribution is -1.83. The van der Waals surface area contributed by atoms with E-state index in [0.717, 1.165) is 6.92 Å². The standard InChI is InChI=1S/C18H38.C2H4O2.H3N/c1-3-5-7-9-11-13-15-17-18-16-14-12-10-8-6-4-2;1-2(3)4;/h3-18H2,1-2H3;1H3,(H,3,4);1H3. The molecule has 3 heteroatoms. The van der Waals surface area contributed by atoms with Gasteiger partial charge in [-0.2, -0.15) is 0 Å². The molecular weight excluding hydrogens is 286 g/mol. The van der Waals surface area contributed by atoms with Crippen LogP contribution in [0.3, 0.4) is 0 Å². The number of carboxylic acids is 1. The molecule has 0 atom stereocenters. The van der Waals surface area contributed by atoms with E-state index in [2.05, 4.69) is 13.8 Å². The van der Waals surface area contributed by atoms with Crippen molar-refractivity contribution in [3.63, 3.8) is 0 Å². The summed E-state index contributed by atoms with van der Waals surface area (Å²) < 4.78 is 0. The van der Waals surface area contributed by atoms with Crippen molar-refractivity contribution in [2.45, 2.75) is 124 Å². The third-order valence-electron chi connectivity index (χ3n) is 3.96. The van der Waals surface area contributed by atoms with Crippen molar-refractivity contribution < 1.29 is 9.90 Å². The number of hydrogen-bond acceptors (Lipinski definition) is 2. The van der Waals surface area contributed by atoms with Gasteiger partial charge in [-0.3, -0.25) is 4.79 Å². The fourth-order valence-corrected chi connectivity index (χ4v) is 2.62. The molecule has 0 aliphatic heterocycles. The van der Waals surface area contributed by atoms with Crippen molar-refractivity contribution in [3.05, 3.63) is 0 Å². The average Bonchev–Trinajstić information content (AvgIpc) is 2.47. The Morgan fingerprint density at radius 2 is 0.696 bits per heavy atom. The Bertz CT molecular complexity index is 188. The quantitative estimate of drug-likeness (QED) is 0.305. The van der Waals surface area contributed by atoms with E-state index in [1.165, 1.54) is 103 Å². The molecular formula is C20H45NO2. The number of unbranched alkanes of at least 4 members (excludes halogenated alkanes) is 15. The van der Waals surface area contributed by atoms with Gasteiger partial charge in [0, 0.05) is 6.92 Å². The van der Waals surface area contributed by atoms with Crippen LogP contribution >= 0.6 is 0 Å². The molecule has 0 aliphatic carbocycles. The fourth-order valence-electron chi connectivity index (χ4n) is 2.62. The van der Waals surface area contributed by atoms with E-state index in [9.17, 15) is 0 Å². The highest BCUT2D eigenvalue weighted by molar-refractivity contribution is 5.62. The minimum absolute atomic E-state index is 0. The lowest BCUT2D eigenvalue weighted by atomic mass is 10.0. The van der Waals surface area contributed by atoms with Crippen LogP contribution in [0.5, 0.6) is 0 Å². The molecule has 0 aromatic carbocycles. The molecule has 3 nitrogen and oxygen atoms in total. The van der Waals surface area contributed by atoms with Gasteiger partial charge >= 0.3 is 0 Å². The van der Waals surface area contributed by atoms with Crippen molar-refractivity contribution >= 4 is 5.97 Å². The van der Waals surface area contributed by atoms with Gasteiger partial charge < -0.3 is 11.3 Å². The number of hydrogen-bond donors (Lipinski definition) is 2. The Morgan fingerprint density at radius 3 is 0.826 bits per heavy atom. The van der Waals surface area contributed by atoms with Crippen LogP contribution in [0.2, 0.25) is 0 Å². The predicted octanol–water partition coefficient (Wildman–Crippen LogP) is 7.52. The summed E-state index contributed by atoms with van der Waals surface area (Å²) in [7, 11) is 0. The Hall–Kier alpha value is -0.570. The summed E-state index contributed by atoms with van der Waals surface area (Å²) in [5, 5.41) is 7.42. The lowest BCUT2D eigenvalue weighted by molar-refractivity contribution is -0.134.